The fourth-order valence-corrected chi connectivity index (χ4v) is 3.17. The highest BCUT2D eigenvalue weighted by Gasteiger charge is 2.20. The van der Waals surface area contributed by atoms with Gasteiger partial charge in [-0.05, 0) is 43.9 Å². The summed E-state index contributed by atoms with van der Waals surface area (Å²) in [6.45, 7) is 3.00. The van der Waals surface area contributed by atoms with Gasteiger partial charge in [0.15, 0.2) is 0 Å². The molecule has 0 aliphatic carbocycles. The molecular weight excluding hydrogens is 333 g/mol. The van der Waals surface area contributed by atoms with Crippen molar-refractivity contribution in [2.75, 3.05) is 11.9 Å². The molecule has 0 saturated carbocycles. The topological polar surface area (TPSA) is 56.1 Å². The van der Waals surface area contributed by atoms with E-state index in [-0.39, 0.29) is 5.57 Å². The minimum atomic E-state index is -0.461. The van der Waals surface area contributed by atoms with E-state index in [1.54, 1.807) is 24.4 Å². The van der Waals surface area contributed by atoms with E-state index in [2.05, 4.69) is 17.1 Å². The van der Waals surface area contributed by atoms with Gasteiger partial charge in [-0.3, -0.25) is 4.79 Å². The number of halogens is 2. The first-order valence-corrected chi connectivity index (χ1v) is 8.44. The van der Waals surface area contributed by atoms with Gasteiger partial charge in [-0.2, -0.15) is 5.26 Å². The van der Waals surface area contributed by atoms with Crippen LogP contribution >= 0.6 is 23.2 Å². The molecule has 1 aliphatic heterocycles. The number of likely N-dealkylation sites (tertiary alicyclic amines) is 1. The van der Waals surface area contributed by atoms with Gasteiger partial charge in [0.2, 0.25) is 0 Å². The molecule has 1 aromatic carbocycles. The highest BCUT2D eigenvalue weighted by atomic mass is 35.5. The molecular formula is C17H19Cl2N3O. The molecule has 1 heterocycles. The van der Waals surface area contributed by atoms with Gasteiger partial charge in [0, 0.05) is 23.8 Å². The number of hydrogen-bond donors (Lipinski definition) is 1. The minimum Gasteiger partial charge on any atom is -0.373 e. The van der Waals surface area contributed by atoms with Gasteiger partial charge >= 0.3 is 0 Å². The zero-order chi connectivity index (χ0) is 16.8. The smallest absolute Gasteiger partial charge is 0.267 e. The van der Waals surface area contributed by atoms with Crippen molar-refractivity contribution in [2.45, 2.75) is 38.6 Å². The van der Waals surface area contributed by atoms with E-state index < -0.39 is 5.91 Å². The van der Waals surface area contributed by atoms with E-state index >= 15 is 0 Å². The van der Waals surface area contributed by atoms with Gasteiger partial charge in [-0.15, -0.1) is 0 Å². The number of benzene rings is 1. The first kappa shape index (κ1) is 17.7. The summed E-state index contributed by atoms with van der Waals surface area (Å²) in [5.41, 5.74) is 0.518. The zero-order valence-electron chi connectivity index (χ0n) is 13.0. The molecule has 23 heavy (non-hydrogen) atoms. The lowest BCUT2D eigenvalue weighted by molar-refractivity contribution is -0.112. The third-order valence-corrected chi connectivity index (χ3v) is 4.53. The Morgan fingerprint density at radius 2 is 2.26 bits per heavy atom. The van der Waals surface area contributed by atoms with Crippen molar-refractivity contribution in [3.05, 3.63) is 40.0 Å². The van der Waals surface area contributed by atoms with Crippen LogP contribution in [0.5, 0.6) is 0 Å². The molecule has 4 nitrogen and oxygen atoms in total. The maximum absolute atomic E-state index is 12.3. The van der Waals surface area contributed by atoms with Crippen LogP contribution in [0.15, 0.2) is 30.0 Å². The summed E-state index contributed by atoms with van der Waals surface area (Å²) in [7, 11) is 0. The van der Waals surface area contributed by atoms with Gasteiger partial charge in [0.1, 0.15) is 11.6 Å². The standard InChI is InChI=1S/C17H19Cl2N3O/c1-2-14-5-3-4-8-22(14)11-12(10-20)17(23)21-16-7-6-13(18)9-15(16)19/h6-7,9,11,14H,2-5,8H2,1H3,(H,21,23)/b12-11-. The number of nitriles is 1. The van der Waals surface area contributed by atoms with Crippen molar-refractivity contribution in [1.82, 2.24) is 4.90 Å². The third-order valence-electron chi connectivity index (χ3n) is 3.98. The highest BCUT2D eigenvalue weighted by Crippen LogP contribution is 2.26. The number of carbonyl (C=O) groups is 1. The number of hydrogen-bond acceptors (Lipinski definition) is 3. The van der Waals surface area contributed by atoms with Crippen LogP contribution in [0, 0.1) is 11.3 Å². The van der Waals surface area contributed by atoms with Gasteiger partial charge in [-0.25, -0.2) is 0 Å². The Balaban J connectivity index is 2.14. The molecule has 1 unspecified atom stereocenters. The average Bonchev–Trinajstić information content (AvgIpc) is 2.55. The Morgan fingerprint density at radius 3 is 2.91 bits per heavy atom. The van der Waals surface area contributed by atoms with Crippen molar-refractivity contribution in [1.29, 1.82) is 5.26 Å². The van der Waals surface area contributed by atoms with E-state index in [4.69, 9.17) is 23.2 Å². The summed E-state index contributed by atoms with van der Waals surface area (Å²) in [6.07, 6.45) is 6.04. The second-order valence-electron chi connectivity index (χ2n) is 5.53. The summed E-state index contributed by atoms with van der Waals surface area (Å²) in [5.74, 6) is -0.461. The van der Waals surface area contributed by atoms with E-state index in [0.717, 1.165) is 25.8 Å². The van der Waals surface area contributed by atoms with Gasteiger partial charge in [0.05, 0.1) is 10.7 Å². The molecule has 122 valence electrons. The molecule has 0 aromatic heterocycles. The summed E-state index contributed by atoms with van der Waals surface area (Å²) >= 11 is 11.9. The maximum atomic E-state index is 12.3. The number of anilines is 1. The Morgan fingerprint density at radius 1 is 1.48 bits per heavy atom. The molecule has 1 fully saturated rings. The molecule has 1 N–H and O–H groups in total. The molecule has 6 heteroatoms. The Labute approximate surface area is 146 Å². The largest absolute Gasteiger partial charge is 0.373 e. The molecule has 1 aliphatic rings. The number of carbonyl (C=O) groups excluding carboxylic acids is 1. The number of rotatable bonds is 4. The van der Waals surface area contributed by atoms with Crippen molar-refractivity contribution in [3.8, 4) is 6.07 Å². The molecule has 1 aromatic rings. The fraction of sp³-hybridized carbons (Fsp3) is 0.412. The van der Waals surface area contributed by atoms with Crippen LogP contribution in [0.4, 0.5) is 5.69 Å². The van der Waals surface area contributed by atoms with Crippen molar-refractivity contribution in [3.63, 3.8) is 0 Å². The molecule has 1 saturated heterocycles. The Kier molecular flexibility index (Phi) is 6.32. The lowest BCUT2D eigenvalue weighted by atomic mass is 10.0. The van der Waals surface area contributed by atoms with E-state index in [1.165, 1.54) is 6.42 Å². The summed E-state index contributed by atoms with van der Waals surface area (Å²) in [4.78, 5) is 14.4. The Hall–Kier alpha value is -1.70. The van der Waals surface area contributed by atoms with Crippen molar-refractivity contribution >= 4 is 34.8 Å². The number of nitrogens with one attached hydrogen (secondary N) is 1. The Bertz CT molecular complexity index is 652. The fourth-order valence-electron chi connectivity index (χ4n) is 2.72. The predicted octanol–water partition coefficient (Wildman–Crippen LogP) is 4.60. The van der Waals surface area contributed by atoms with Crippen LogP contribution in [0.1, 0.15) is 32.6 Å². The average molecular weight is 352 g/mol. The van der Waals surface area contributed by atoms with Crippen molar-refractivity contribution in [2.24, 2.45) is 0 Å². The molecule has 2 rings (SSSR count). The first-order chi connectivity index (χ1) is 11.0. The predicted molar refractivity (Wildman–Crippen MR) is 93.4 cm³/mol. The van der Waals surface area contributed by atoms with Crippen molar-refractivity contribution < 1.29 is 4.79 Å². The van der Waals surface area contributed by atoms with Crippen LogP contribution in [0.3, 0.4) is 0 Å². The third kappa shape index (κ3) is 4.63. The van der Waals surface area contributed by atoms with E-state index in [9.17, 15) is 10.1 Å². The molecule has 0 spiro atoms. The van der Waals surface area contributed by atoms with Crippen LogP contribution in [0.25, 0.3) is 0 Å². The van der Waals surface area contributed by atoms with E-state index in [0.29, 0.717) is 21.8 Å². The number of nitrogens with zero attached hydrogens (tertiary/aromatic N) is 2. The molecule has 0 bridgehead atoms. The maximum Gasteiger partial charge on any atom is 0.267 e. The van der Waals surface area contributed by atoms with Gasteiger partial charge in [0.25, 0.3) is 5.91 Å². The molecule has 1 amide bonds. The lowest BCUT2D eigenvalue weighted by Crippen LogP contribution is -2.35. The van der Waals surface area contributed by atoms with Gasteiger partial charge in [-0.1, -0.05) is 30.1 Å². The van der Waals surface area contributed by atoms with E-state index in [1.807, 2.05) is 6.07 Å². The lowest BCUT2D eigenvalue weighted by Gasteiger charge is -2.34. The zero-order valence-corrected chi connectivity index (χ0v) is 14.5. The highest BCUT2D eigenvalue weighted by molar-refractivity contribution is 6.36. The summed E-state index contributed by atoms with van der Waals surface area (Å²) in [6, 6.07) is 7.17. The summed E-state index contributed by atoms with van der Waals surface area (Å²) < 4.78 is 0. The monoisotopic (exact) mass is 351 g/mol. The normalized spacial score (nSPS) is 18.4. The molecule has 0 radical (unpaired) electrons. The SMILES string of the molecule is CCC1CCCCN1/C=C(/C#N)C(=O)Nc1ccc(Cl)cc1Cl. The van der Waals surface area contributed by atoms with Crippen LogP contribution in [-0.2, 0) is 4.79 Å². The minimum absolute atomic E-state index is 0.0800. The van der Waals surface area contributed by atoms with Crippen LogP contribution in [0.2, 0.25) is 10.0 Å². The second-order valence-corrected chi connectivity index (χ2v) is 6.37. The number of piperidine rings is 1. The van der Waals surface area contributed by atoms with Crippen LogP contribution in [-0.4, -0.2) is 23.4 Å². The van der Waals surface area contributed by atoms with Crippen LogP contribution < -0.4 is 5.32 Å². The molecule has 1 atom stereocenters. The summed E-state index contributed by atoms with van der Waals surface area (Å²) in [5, 5.41) is 12.8. The number of amides is 1. The first-order valence-electron chi connectivity index (χ1n) is 7.69. The quantitative estimate of drug-likeness (QED) is 0.636. The van der Waals surface area contributed by atoms with Gasteiger partial charge < -0.3 is 10.2 Å². The second kappa shape index (κ2) is 8.24.